The Morgan fingerprint density at radius 2 is 1.48 bits per heavy atom. The smallest absolute Gasteiger partial charge is 0.216 e. The van der Waals surface area contributed by atoms with E-state index >= 15 is 0 Å². The standard InChI is InChI=1S/C17H31NO11/c1-7(21)18-4-2-3-8-11(22)14(25)16(10(6-20)27-8)29-17-15(26)13(24)12(23)9(5-19)28-17/h8-17,19-20,22-26H,2-6H2,1H3,(H,18,21)/t8-,9+,10+,11-,12-,13-,14+,15+,16+,17-/m0/s1. The molecule has 2 rings (SSSR count). The lowest BCUT2D eigenvalue weighted by molar-refractivity contribution is -0.342. The van der Waals surface area contributed by atoms with Gasteiger partial charge in [-0.3, -0.25) is 4.79 Å². The van der Waals surface area contributed by atoms with E-state index < -0.39 is 74.4 Å². The average molecular weight is 425 g/mol. The summed E-state index contributed by atoms with van der Waals surface area (Å²) in [5, 5.41) is 72.0. The molecule has 29 heavy (non-hydrogen) atoms. The summed E-state index contributed by atoms with van der Waals surface area (Å²) in [4.78, 5) is 10.9. The fourth-order valence-corrected chi connectivity index (χ4v) is 3.47. The Kier molecular flexibility index (Phi) is 9.15. The van der Waals surface area contributed by atoms with Crippen LogP contribution in [0.5, 0.6) is 0 Å². The minimum absolute atomic E-state index is 0.198. The van der Waals surface area contributed by atoms with Crippen molar-refractivity contribution in [2.45, 2.75) is 81.0 Å². The second kappa shape index (κ2) is 10.9. The van der Waals surface area contributed by atoms with Gasteiger partial charge in [0.1, 0.15) is 48.8 Å². The Morgan fingerprint density at radius 1 is 0.862 bits per heavy atom. The van der Waals surface area contributed by atoms with E-state index in [1.54, 1.807) is 0 Å². The van der Waals surface area contributed by atoms with E-state index in [9.17, 15) is 40.5 Å². The zero-order valence-corrected chi connectivity index (χ0v) is 16.1. The number of rotatable bonds is 8. The summed E-state index contributed by atoms with van der Waals surface area (Å²) >= 11 is 0. The highest BCUT2D eigenvalue weighted by Crippen LogP contribution is 2.30. The topological polar surface area (TPSA) is 198 Å². The molecule has 0 aromatic carbocycles. The highest BCUT2D eigenvalue weighted by atomic mass is 16.7. The van der Waals surface area contributed by atoms with Crippen molar-refractivity contribution in [1.82, 2.24) is 5.32 Å². The van der Waals surface area contributed by atoms with E-state index in [0.717, 1.165) is 0 Å². The lowest BCUT2D eigenvalue weighted by Crippen LogP contribution is -2.64. The first-order chi connectivity index (χ1) is 13.7. The number of ether oxygens (including phenoxy) is 3. The van der Waals surface area contributed by atoms with Crippen LogP contribution in [0.25, 0.3) is 0 Å². The molecule has 2 heterocycles. The molecule has 2 aliphatic rings. The van der Waals surface area contributed by atoms with Crippen LogP contribution in [0, 0.1) is 0 Å². The van der Waals surface area contributed by atoms with Crippen LogP contribution in [-0.2, 0) is 19.0 Å². The number of hydrogen-bond donors (Lipinski definition) is 8. The third kappa shape index (κ3) is 5.82. The number of aliphatic hydroxyl groups excluding tert-OH is 7. The molecule has 0 radical (unpaired) electrons. The normalized spacial score (nSPS) is 43.2. The largest absolute Gasteiger partial charge is 0.394 e. The van der Waals surface area contributed by atoms with E-state index in [1.807, 2.05) is 0 Å². The van der Waals surface area contributed by atoms with Crippen molar-refractivity contribution in [3.8, 4) is 0 Å². The number of carbonyl (C=O) groups excluding carboxylic acids is 1. The Labute approximate surface area is 167 Å². The molecule has 10 atom stereocenters. The maximum atomic E-state index is 10.9. The number of amides is 1. The number of aliphatic hydroxyl groups is 7. The number of nitrogens with one attached hydrogen (secondary N) is 1. The fourth-order valence-electron chi connectivity index (χ4n) is 3.47. The molecule has 2 saturated heterocycles. The lowest BCUT2D eigenvalue weighted by atomic mass is 9.92. The van der Waals surface area contributed by atoms with Gasteiger partial charge in [0.05, 0.1) is 19.3 Å². The van der Waals surface area contributed by atoms with Gasteiger partial charge in [0, 0.05) is 13.5 Å². The monoisotopic (exact) mass is 425 g/mol. The molecule has 0 bridgehead atoms. The lowest BCUT2D eigenvalue weighted by Gasteiger charge is -2.46. The highest BCUT2D eigenvalue weighted by Gasteiger charge is 2.50. The van der Waals surface area contributed by atoms with Gasteiger partial charge in [-0.25, -0.2) is 0 Å². The van der Waals surface area contributed by atoms with E-state index in [4.69, 9.17) is 14.2 Å². The van der Waals surface area contributed by atoms with Crippen molar-refractivity contribution in [2.75, 3.05) is 19.8 Å². The quantitative estimate of drug-likeness (QED) is 0.175. The van der Waals surface area contributed by atoms with Gasteiger partial charge in [-0.15, -0.1) is 0 Å². The highest BCUT2D eigenvalue weighted by molar-refractivity contribution is 5.72. The Morgan fingerprint density at radius 3 is 2.07 bits per heavy atom. The third-order valence-electron chi connectivity index (χ3n) is 5.14. The van der Waals surface area contributed by atoms with Gasteiger partial charge in [-0.2, -0.15) is 0 Å². The third-order valence-corrected chi connectivity index (χ3v) is 5.14. The number of carbonyl (C=O) groups is 1. The molecule has 12 nitrogen and oxygen atoms in total. The van der Waals surface area contributed by atoms with Crippen LogP contribution >= 0.6 is 0 Å². The van der Waals surface area contributed by atoms with Gasteiger partial charge < -0.3 is 55.3 Å². The first-order valence-electron chi connectivity index (χ1n) is 9.54. The Hall–Kier alpha value is -0.930. The zero-order chi connectivity index (χ0) is 21.7. The van der Waals surface area contributed by atoms with Gasteiger partial charge in [0.2, 0.25) is 5.91 Å². The SMILES string of the molecule is CC(=O)NCCC[C@@H]1O[C@H](CO)[C@@H](O[C@@H]2O[C@H](CO)[C@H](O)[C@H](O)[C@H]2O)[C@H](O)[C@H]1O. The van der Waals surface area contributed by atoms with Crippen LogP contribution in [0.3, 0.4) is 0 Å². The molecule has 0 aromatic heterocycles. The molecule has 1 amide bonds. The van der Waals surface area contributed by atoms with E-state index in [2.05, 4.69) is 5.32 Å². The summed E-state index contributed by atoms with van der Waals surface area (Å²) in [6.07, 6.45) is -13.1. The van der Waals surface area contributed by atoms with Crippen LogP contribution < -0.4 is 5.32 Å². The van der Waals surface area contributed by atoms with Gasteiger partial charge >= 0.3 is 0 Å². The summed E-state index contributed by atoms with van der Waals surface area (Å²) in [6, 6.07) is 0. The molecule has 2 fully saturated rings. The van der Waals surface area contributed by atoms with Crippen molar-refractivity contribution in [3.63, 3.8) is 0 Å². The van der Waals surface area contributed by atoms with Crippen LogP contribution in [0.4, 0.5) is 0 Å². The summed E-state index contributed by atoms with van der Waals surface area (Å²) in [5.74, 6) is -0.198. The Bertz CT molecular complexity index is 520. The van der Waals surface area contributed by atoms with Gasteiger partial charge in [0.15, 0.2) is 6.29 Å². The first-order valence-corrected chi connectivity index (χ1v) is 9.54. The molecule has 2 aliphatic heterocycles. The molecular formula is C17H31NO11. The van der Waals surface area contributed by atoms with Crippen LogP contribution in [0.1, 0.15) is 19.8 Å². The summed E-state index contributed by atoms with van der Waals surface area (Å²) in [5.41, 5.74) is 0. The molecule has 12 heteroatoms. The minimum Gasteiger partial charge on any atom is -0.394 e. The summed E-state index contributed by atoms with van der Waals surface area (Å²) < 4.78 is 16.3. The van der Waals surface area contributed by atoms with Crippen molar-refractivity contribution >= 4 is 5.91 Å². The van der Waals surface area contributed by atoms with Gasteiger partial charge in [0.25, 0.3) is 0 Å². The summed E-state index contributed by atoms with van der Waals surface area (Å²) in [6.45, 7) is 0.496. The van der Waals surface area contributed by atoms with Crippen LogP contribution in [-0.4, -0.2) is 123 Å². The molecular weight excluding hydrogens is 394 g/mol. The molecule has 0 saturated carbocycles. The van der Waals surface area contributed by atoms with E-state index in [0.29, 0.717) is 19.4 Å². The second-order valence-electron chi connectivity index (χ2n) is 7.30. The van der Waals surface area contributed by atoms with Crippen molar-refractivity contribution in [1.29, 1.82) is 0 Å². The molecule has 8 N–H and O–H groups in total. The molecule has 0 unspecified atom stereocenters. The minimum atomic E-state index is -1.70. The predicted molar refractivity (Wildman–Crippen MR) is 94.3 cm³/mol. The maximum Gasteiger partial charge on any atom is 0.216 e. The molecule has 0 aromatic rings. The first kappa shape index (κ1) is 24.3. The molecule has 170 valence electrons. The second-order valence-corrected chi connectivity index (χ2v) is 7.30. The molecule has 0 spiro atoms. The van der Waals surface area contributed by atoms with Gasteiger partial charge in [-0.1, -0.05) is 0 Å². The van der Waals surface area contributed by atoms with E-state index in [-0.39, 0.29) is 5.91 Å². The van der Waals surface area contributed by atoms with E-state index in [1.165, 1.54) is 6.92 Å². The van der Waals surface area contributed by atoms with Gasteiger partial charge in [-0.05, 0) is 12.8 Å². The van der Waals surface area contributed by atoms with Crippen molar-refractivity contribution < 1.29 is 54.8 Å². The van der Waals surface area contributed by atoms with Crippen molar-refractivity contribution in [3.05, 3.63) is 0 Å². The zero-order valence-electron chi connectivity index (χ0n) is 16.1. The fraction of sp³-hybridized carbons (Fsp3) is 0.941. The Balaban J connectivity index is 2.01. The summed E-state index contributed by atoms with van der Waals surface area (Å²) in [7, 11) is 0. The molecule has 0 aliphatic carbocycles. The average Bonchev–Trinajstić information content (AvgIpc) is 2.69. The van der Waals surface area contributed by atoms with Crippen molar-refractivity contribution in [2.24, 2.45) is 0 Å². The number of hydrogen-bond acceptors (Lipinski definition) is 11. The predicted octanol–water partition coefficient (Wildman–Crippen LogP) is -4.43. The van der Waals surface area contributed by atoms with Crippen LogP contribution in [0.2, 0.25) is 0 Å². The maximum absolute atomic E-state index is 10.9. The van der Waals surface area contributed by atoms with Crippen LogP contribution in [0.15, 0.2) is 0 Å².